The van der Waals surface area contributed by atoms with E-state index in [0.717, 1.165) is 18.0 Å². The summed E-state index contributed by atoms with van der Waals surface area (Å²) >= 11 is 0. The van der Waals surface area contributed by atoms with E-state index in [9.17, 15) is 10.1 Å². The molecule has 1 fully saturated rings. The normalized spacial score (nSPS) is 18.6. The van der Waals surface area contributed by atoms with Crippen LogP contribution >= 0.6 is 0 Å². The van der Waals surface area contributed by atoms with Crippen molar-refractivity contribution in [2.24, 2.45) is 5.92 Å². The van der Waals surface area contributed by atoms with Crippen LogP contribution in [0, 0.1) is 16.0 Å². The number of nitro benzene ring substituents is 1. The second-order valence-corrected chi connectivity index (χ2v) is 6.06. The van der Waals surface area contributed by atoms with Gasteiger partial charge in [0.2, 0.25) is 0 Å². The Morgan fingerprint density at radius 2 is 2.14 bits per heavy atom. The molecule has 1 aromatic carbocycles. The summed E-state index contributed by atoms with van der Waals surface area (Å²) in [7, 11) is 2.18. The summed E-state index contributed by atoms with van der Waals surface area (Å²) in [6, 6.07) is 7.04. The van der Waals surface area contributed by atoms with Gasteiger partial charge in [-0.05, 0) is 64.3 Å². The van der Waals surface area contributed by atoms with E-state index in [-0.39, 0.29) is 16.7 Å². The molecule has 1 heterocycles. The minimum atomic E-state index is -0.339. The highest BCUT2D eigenvalue weighted by Crippen LogP contribution is 2.21. The third-order valence-electron chi connectivity index (χ3n) is 4.42. The lowest BCUT2D eigenvalue weighted by Gasteiger charge is -2.29. The van der Waals surface area contributed by atoms with Crippen LogP contribution in [0.4, 0.5) is 5.69 Å². The largest absolute Gasteiger partial charge is 0.310 e. The van der Waals surface area contributed by atoms with E-state index < -0.39 is 0 Å². The molecule has 1 N–H and O–H groups in total. The third kappa shape index (κ3) is 4.79. The highest BCUT2D eigenvalue weighted by molar-refractivity contribution is 5.35. The smallest absolute Gasteiger partial charge is 0.269 e. The van der Waals surface area contributed by atoms with Gasteiger partial charge in [0.1, 0.15) is 0 Å². The topological polar surface area (TPSA) is 58.4 Å². The van der Waals surface area contributed by atoms with Gasteiger partial charge in [-0.25, -0.2) is 0 Å². The van der Waals surface area contributed by atoms with Gasteiger partial charge in [0, 0.05) is 18.2 Å². The molecule has 1 atom stereocenters. The van der Waals surface area contributed by atoms with Crippen LogP contribution in [0.1, 0.15) is 37.8 Å². The lowest BCUT2D eigenvalue weighted by molar-refractivity contribution is -0.384. The number of non-ortho nitro benzene ring substituents is 1. The predicted octanol–water partition coefficient (Wildman–Crippen LogP) is 2.98. The molecule has 0 aromatic heterocycles. The van der Waals surface area contributed by atoms with Crippen LogP contribution in [0.3, 0.4) is 0 Å². The zero-order chi connectivity index (χ0) is 15.2. The van der Waals surface area contributed by atoms with Gasteiger partial charge in [-0.1, -0.05) is 12.1 Å². The molecule has 0 bridgehead atoms. The Labute approximate surface area is 126 Å². The number of benzene rings is 1. The first-order valence-corrected chi connectivity index (χ1v) is 7.72. The average Bonchev–Trinajstić information content (AvgIpc) is 2.49. The molecular weight excluding hydrogens is 266 g/mol. The van der Waals surface area contributed by atoms with Gasteiger partial charge in [-0.3, -0.25) is 10.1 Å². The first-order chi connectivity index (χ1) is 10.1. The Kier molecular flexibility index (Phi) is 5.70. The third-order valence-corrected chi connectivity index (χ3v) is 4.42. The molecule has 5 heteroatoms. The molecule has 1 saturated heterocycles. The summed E-state index contributed by atoms with van der Waals surface area (Å²) in [6.45, 7) is 5.43. The van der Waals surface area contributed by atoms with Crippen LogP contribution in [0.25, 0.3) is 0 Å². The van der Waals surface area contributed by atoms with Crippen LogP contribution in [0.2, 0.25) is 0 Å². The fourth-order valence-corrected chi connectivity index (χ4v) is 2.88. The number of piperidine rings is 1. The Hall–Kier alpha value is -1.46. The van der Waals surface area contributed by atoms with Crippen molar-refractivity contribution in [1.82, 2.24) is 10.2 Å². The van der Waals surface area contributed by atoms with Crippen LogP contribution in [0.15, 0.2) is 24.3 Å². The van der Waals surface area contributed by atoms with E-state index in [1.54, 1.807) is 12.1 Å². The van der Waals surface area contributed by atoms with Gasteiger partial charge in [-0.15, -0.1) is 0 Å². The molecule has 0 saturated carbocycles. The predicted molar refractivity (Wildman–Crippen MR) is 84.4 cm³/mol. The van der Waals surface area contributed by atoms with E-state index in [1.807, 2.05) is 6.07 Å². The van der Waals surface area contributed by atoms with Gasteiger partial charge < -0.3 is 10.2 Å². The number of hydrogen-bond acceptors (Lipinski definition) is 4. The second kappa shape index (κ2) is 7.52. The fourth-order valence-electron chi connectivity index (χ4n) is 2.88. The highest BCUT2D eigenvalue weighted by atomic mass is 16.6. The second-order valence-electron chi connectivity index (χ2n) is 6.06. The molecule has 116 valence electrons. The molecule has 5 nitrogen and oxygen atoms in total. The average molecular weight is 291 g/mol. The van der Waals surface area contributed by atoms with Crippen molar-refractivity contribution in [3.63, 3.8) is 0 Å². The zero-order valence-electron chi connectivity index (χ0n) is 12.9. The minimum Gasteiger partial charge on any atom is -0.310 e. The Balaban J connectivity index is 1.78. The van der Waals surface area contributed by atoms with Gasteiger partial charge in [0.15, 0.2) is 0 Å². The number of nitrogens with zero attached hydrogens (tertiary/aromatic N) is 2. The monoisotopic (exact) mass is 291 g/mol. The summed E-state index contributed by atoms with van der Waals surface area (Å²) < 4.78 is 0. The molecular formula is C16H25N3O2. The van der Waals surface area contributed by atoms with E-state index in [0.29, 0.717) is 0 Å². The Bertz CT molecular complexity index is 470. The number of nitrogens with one attached hydrogen (secondary N) is 1. The first kappa shape index (κ1) is 15.9. The van der Waals surface area contributed by atoms with Crippen LogP contribution in [0.5, 0.6) is 0 Å². The van der Waals surface area contributed by atoms with Crippen molar-refractivity contribution in [2.75, 3.05) is 26.7 Å². The lowest BCUT2D eigenvalue weighted by atomic mass is 9.93. The maximum atomic E-state index is 10.8. The summed E-state index contributed by atoms with van der Waals surface area (Å²) in [5, 5.41) is 14.3. The Morgan fingerprint density at radius 3 is 2.81 bits per heavy atom. The molecule has 0 radical (unpaired) electrons. The maximum absolute atomic E-state index is 10.8. The van der Waals surface area contributed by atoms with Crippen molar-refractivity contribution < 1.29 is 4.92 Å². The first-order valence-electron chi connectivity index (χ1n) is 7.72. The fraction of sp³-hybridized carbons (Fsp3) is 0.625. The molecule has 0 spiro atoms. The summed E-state index contributed by atoms with van der Waals surface area (Å²) in [5.41, 5.74) is 1.14. The number of rotatable bonds is 6. The summed E-state index contributed by atoms with van der Waals surface area (Å²) in [6.07, 6.45) is 3.75. The van der Waals surface area contributed by atoms with E-state index in [2.05, 4.69) is 24.2 Å². The summed E-state index contributed by atoms with van der Waals surface area (Å²) in [5.74, 6) is 0.811. The summed E-state index contributed by atoms with van der Waals surface area (Å²) in [4.78, 5) is 12.9. The maximum Gasteiger partial charge on any atom is 0.269 e. The van der Waals surface area contributed by atoms with E-state index >= 15 is 0 Å². The van der Waals surface area contributed by atoms with Crippen LogP contribution < -0.4 is 5.32 Å². The number of nitro groups is 1. The van der Waals surface area contributed by atoms with Gasteiger partial charge in [0.05, 0.1) is 4.92 Å². The SMILES string of the molecule is CC(NCCC1CCN(C)CC1)c1cccc([N+](=O)[O-])c1. The van der Waals surface area contributed by atoms with Crippen LogP contribution in [-0.4, -0.2) is 36.5 Å². The van der Waals surface area contributed by atoms with Crippen molar-refractivity contribution >= 4 is 5.69 Å². The molecule has 1 aromatic rings. The molecule has 1 aliphatic rings. The van der Waals surface area contributed by atoms with Crippen molar-refractivity contribution in [3.8, 4) is 0 Å². The highest BCUT2D eigenvalue weighted by Gasteiger charge is 2.17. The number of likely N-dealkylation sites (tertiary alicyclic amines) is 1. The number of hydrogen-bond donors (Lipinski definition) is 1. The molecule has 1 aliphatic heterocycles. The van der Waals surface area contributed by atoms with Crippen LogP contribution in [-0.2, 0) is 0 Å². The Morgan fingerprint density at radius 1 is 1.43 bits per heavy atom. The minimum absolute atomic E-state index is 0.149. The molecule has 1 unspecified atom stereocenters. The molecule has 21 heavy (non-hydrogen) atoms. The standard InChI is InChI=1S/C16H25N3O2/c1-13(15-4-3-5-16(12-15)19(20)21)17-9-6-14-7-10-18(2)11-8-14/h3-5,12-14,17H,6-11H2,1-2H3. The molecule has 0 aliphatic carbocycles. The zero-order valence-corrected chi connectivity index (χ0v) is 12.9. The van der Waals surface area contributed by atoms with Gasteiger partial charge in [-0.2, -0.15) is 0 Å². The molecule has 0 amide bonds. The van der Waals surface area contributed by atoms with E-state index in [1.165, 1.54) is 38.4 Å². The lowest BCUT2D eigenvalue weighted by Crippen LogP contribution is -2.32. The van der Waals surface area contributed by atoms with Gasteiger partial charge in [0.25, 0.3) is 5.69 Å². The molecule has 2 rings (SSSR count). The van der Waals surface area contributed by atoms with Crippen molar-refractivity contribution in [3.05, 3.63) is 39.9 Å². The van der Waals surface area contributed by atoms with E-state index in [4.69, 9.17) is 0 Å². The van der Waals surface area contributed by atoms with Crippen molar-refractivity contribution in [2.45, 2.75) is 32.2 Å². The quantitative estimate of drug-likeness (QED) is 0.646. The van der Waals surface area contributed by atoms with Crippen molar-refractivity contribution in [1.29, 1.82) is 0 Å². The van der Waals surface area contributed by atoms with Gasteiger partial charge >= 0.3 is 0 Å².